The Balaban J connectivity index is 0.00000288. The van der Waals surface area contributed by atoms with E-state index in [0.717, 1.165) is 25.3 Å². The van der Waals surface area contributed by atoms with Crippen molar-refractivity contribution in [2.45, 2.75) is 52.0 Å². The van der Waals surface area contributed by atoms with Gasteiger partial charge in [0.15, 0.2) is 11.8 Å². The van der Waals surface area contributed by atoms with Gasteiger partial charge < -0.3 is 20.1 Å². The Kier molecular flexibility index (Phi) is 10.2. The van der Waals surface area contributed by atoms with E-state index in [9.17, 15) is 0 Å². The molecule has 0 amide bonds. The molecule has 0 radical (unpaired) electrons. The number of aliphatic imine (C=N–C) groups is 1. The Morgan fingerprint density at radius 2 is 2.12 bits per heavy atom. The van der Waals surface area contributed by atoms with E-state index in [4.69, 9.17) is 4.52 Å². The molecule has 1 fully saturated rings. The zero-order valence-electron chi connectivity index (χ0n) is 15.0. The molecule has 8 heteroatoms. The van der Waals surface area contributed by atoms with Crippen LogP contribution in [0.3, 0.4) is 0 Å². The van der Waals surface area contributed by atoms with Crippen LogP contribution in [-0.2, 0) is 6.42 Å². The van der Waals surface area contributed by atoms with Gasteiger partial charge in [0.1, 0.15) is 0 Å². The third-order valence-corrected chi connectivity index (χ3v) is 4.12. The quantitative estimate of drug-likeness (QED) is 0.286. The van der Waals surface area contributed by atoms with E-state index < -0.39 is 0 Å². The number of rotatable bonds is 7. The number of nitrogens with zero attached hydrogens (tertiary/aromatic N) is 4. The third kappa shape index (κ3) is 7.33. The van der Waals surface area contributed by atoms with Gasteiger partial charge in [-0.2, -0.15) is 4.98 Å². The lowest BCUT2D eigenvalue weighted by molar-refractivity contribution is 0.206. The second-order valence-electron chi connectivity index (χ2n) is 6.10. The monoisotopic (exact) mass is 450 g/mol. The molecule has 1 saturated heterocycles. The maximum Gasteiger partial charge on any atom is 0.226 e. The topological polar surface area (TPSA) is 78.6 Å². The lowest BCUT2D eigenvalue weighted by Crippen LogP contribution is -2.48. The molecular formula is C16H31IN6O. The van der Waals surface area contributed by atoms with Crippen molar-refractivity contribution in [2.75, 3.05) is 33.2 Å². The molecule has 0 aromatic carbocycles. The number of halogens is 1. The van der Waals surface area contributed by atoms with E-state index in [1.165, 1.54) is 38.9 Å². The Labute approximate surface area is 162 Å². The molecule has 0 saturated carbocycles. The van der Waals surface area contributed by atoms with Crippen LogP contribution in [0, 0.1) is 6.92 Å². The Bertz CT molecular complexity index is 485. The van der Waals surface area contributed by atoms with Crippen molar-refractivity contribution in [3.63, 3.8) is 0 Å². The highest BCUT2D eigenvalue weighted by Gasteiger charge is 2.19. The van der Waals surface area contributed by atoms with Crippen LogP contribution in [0.25, 0.3) is 0 Å². The molecule has 1 aromatic heterocycles. The van der Waals surface area contributed by atoms with Crippen LogP contribution in [0.5, 0.6) is 0 Å². The van der Waals surface area contributed by atoms with E-state index in [0.29, 0.717) is 17.8 Å². The highest BCUT2D eigenvalue weighted by molar-refractivity contribution is 14.0. The Morgan fingerprint density at radius 1 is 1.38 bits per heavy atom. The Morgan fingerprint density at radius 3 is 2.71 bits per heavy atom. The molecule has 138 valence electrons. The molecule has 0 unspecified atom stereocenters. The predicted octanol–water partition coefficient (Wildman–Crippen LogP) is 1.97. The first-order valence-electron chi connectivity index (χ1n) is 8.70. The van der Waals surface area contributed by atoms with Gasteiger partial charge in [0.05, 0.1) is 0 Å². The van der Waals surface area contributed by atoms with Gasteiger partial charge in [-0.3, -0.25) is 4.99 Å². The van der Waals surface area contributed by atoms with Crippen LogP contribution in [0.4, 0.5) is 0 Å². The summed E-state index contributed by atoms with van der Waals surface area (Å²) in [6.45, 7) is 8.50. The standard InChI is InChI=1S/C16H30N6O.HI/c1-4-10-22-11-7-14(8-12-22)20-16(17-3)18-9-5-6-15-19-13(2)21-23-15;/h14H,4-12H2,1-3H3,(H2,17,18,20);1H. The van der Waals surface area contributed by atoms with Crippen molar-refractivity contribution in [1.82, 2.24) is 25.7 Å². The fourth-order valence-electron chi connectivity index (χ4n) is 2.89. The molecule has 1 aromatic rings. The lowest BCUT2D eigenvalue weighted by atomic mass is 10.1. The molecule has 1 aliphatic heterocycles. The fourth-order valence-corrected chi connectivity index (χ4v) is 2.89. The summed E-state index contributed by atoms with van der Waals surface area (Å²) in [5, 5.41) is 10.7. The van der Waals surface area contributed by atoms with Gasteiger partial charge in [-0.15, -0.1) is 24.0 Å². The summed E-state index contributed by atoms with van der Waals surface area (Å²) in [5.74, 6) is 2.29. The zero-order chi connectivity index (χ0) is 16.5. The molecule has 0 atom stereocenters. The second kappa shape index (κ2) is 11.6. The molecule has 0 aliphatic carbocycles. The van der Waals surface area contributed by atoms with Crippen LogP contribution in [-0.4, -0.2) is 60.3 Å². The van der Waals surface area contributed by atoms with Crippen molar-refractivity contribution in [3.05, 3.63) is 11.7 Å². The second-order valence-corrected chi connectivity index (χ2v) is 6.10. The SMILES string of the molecule is CCCN1CCC(NC(=NC)NCCCc2nc(C)no2)CC1.I. The summed E-state index contributed by atoms with van der Waals surface area (Å²) < 4.78 is 5.11. The summed E-state index contributed by atoms with van der Waals surface area (Å²) in [4.78, 5) is 11.1. The number of hydrogen-bond donors (Lipinski definition) is 2. The first kappa shape index (κ1) is 21.1. The number of piperidine rings is 1. The minimum absolute atomic E-state index is 0. The van der Waals surface area contributed by atoms with Crippen molar-refractivity contribution < 1.29 is 4.52 Å². The number of nitrogens with one attached hydrogen (secondary N) is 2. The van der Waals surface area contributed by atoms with Gasteiger partial charge in [-0.1, -0.05) is 12.1 Å². The molecular weight excluding hydrogens is 419 g/mol. The van der Waals surface area contributed by atoms with Crippen LogP contribution in [0.15, 0.2) is 9.52 Å². The molecule has 2 heterocycles. The number of aromatic nitrogens is 2. The largest absolute Gasteiger partial charge is 0.356 e. The van der Waals surface area contributed by atoms with Crippen molar-refractivity contribution in [1.29, 1.82) is 0 Å². The van der Waals surface area contributed by atoms with E-state index >= 15 is 0 Å². The van der Waals surface area contributed by atoms with Gasteiger partial charge in [0.2, 0.25) is 5.89 Å². The Hall–Kier alpha value is -0.900. The summed E-state index contributed by atoms with van der Waals surface area (Å²) >= 11 is 0. The molecule has 2 rings (SSSR count). The van der Waals surface area contributed by atoms with Gasteiger partial charge >= 0.3 is 0 Å². The van der Waals surface area contributed by atoms with Crippen LogP contribution < -0.4 is 10.6 Å². The molecule has 2 N–H and O–H groups in total. The van der Waals surface area contributed by atoms with Crippen LogP contribution >= 0.6 is 24.0 Å². The van der Waals surface area contributed by atoms with Gasteiger partial charge in [-0.25, -0.2) is 0 Å². The zero-order valence-corrected chi connectivity index (χ0v) is 17.4. The van der Waals surface area contributed by atoms with E-state index in [2.05, 4.69) is 37.6 Å². The molecule has 1 aliphatic rings. The number of aryl methyl sites for hydroxylation is 2. The molecule has 0 spiro atoms. The maximum absolute atomic E-state index is 5.11. The normalized spacial score (nSPS) is 16.7. The minimum Gasteiger partial charge on any atom is -0.356 e. The fraction of sp³-hybridized carbons (Fsp3) is 0.812. The van der Waals surface area contributed by atoms with Gasteiger partial charge in [-0.05, 0) is 39.2 Å². The summed E-state index contributed by atoms with van der Waals surface area (Å²) in [7, 11) is 1.82. The number of guanidine groups is 1. The minimum atomic E-state index is 0. The summed E-state index contributed by atoms with van der Waals surface area (Å²) in [5.41, 5.74) is 0. The lowest BCUT2D eigenvalue weighted by Gasteiger charge is -2.32. The summed E-state index contributed by atoms with van der Waals surface area (Å²) in [6.07, 6.45) is 5.34. The van der Waals surface area contributed by atoms with E-state index in [1.807, 2.05) is 14.0 Å². The smallest absolute Gasteiger partial charge is 0.226 e. The van der Waals surface area contributed by atoms with Gasteiger partial charge in [0, 0.05) is 39.1 Å². The average Bonchev–Trinajstić information content (AvgIpc) is 2.97. The van der Waals surface area contributed by atoms with Crippen LogP contribution in [0.1, 0.15) is 44.3 Å². The molecule has 7 nitrogen and oxygen atoms in total. The maximum atomic E-state index is 5.11. The van der Waals surface area contributed by atoms with Crippen molar-refractivity contribution in [3.8, 4) is 0 Å². The first-order chi connectivity index (χ1) is 11.2. The third-order valence-electron chi connectivity index (χ3n) is 4.12. The highest BCUT2D eigenvalue weighted by atomic mass is 127. The van der Waals surface area contributed by atoms with Crippen LogP contribution in [0.2, 0.25) is 0 Å². The van der Waals surface area contributed by atoms with E-state index in [-0.39, 0.29) is 24.0 Å². The molecule has 0 bridgehead atoms. The average molecular weight is 450 g/mol. The summed E-state index contributed by atoms with van der Waals surface area (Å²) in [6, 6.07) is 0.521. The molecule has 24 heavy (non-hydrogen) atoms. The predicted molar refractivity (Wildman–Crippen MR) is 107 cm³/mol. The van der Waals surface area contributed by atoms with Crippen molar-refractivity contribution >= 4 is 29.9 Å². The van der Waals surface area contributed by atoms with E-state index in [1.54, 1.807) is 0 Å². The number of hydrogen-bond acceptors (Lipinski definition) is 5. The highest BCUT2D eigenvalue weighted by Crippen LogP contribution is 2.10. The van der Waals surface area contributed by atoms with Gasteiger partial charge in [0.25, 0.3) is 0 Å². The number of likely N-dealkylation sites (tertiary alicyclic amines) is 1. The first-order valence-corrected chi connectivity index (χ1v) is 8.70. The van der Waals surface area contributed by atoms with Crippen molar-refractivity contribution in [2.24, 2.45) is 4.99 Å².